The van der Waals surface area contributed by atoms with Gasteiger partial charge in [0, 0.05) is 51.0 Å². The van der Waals surface area contributed by atoms with Gasteiger partial charge in [0.25, 0.3) is 0 Å². The van der Waals surface area contributed by atoms with Gasteiger partial charge in [-0.2, -0.15) is 0 Å². The summed E-state index contributed by atoms with van der Waals surface area (Å²) in [5.41, 5.74) is 0.239. The average molecular weight is 346 g/mol. The number of anilines is 1. The number of aryl methyl sites for hydroxylation is 1. The minimum Gasteiger partial charge on any atom is -0.479 e. The number of carbonyl (C=O) groups is 3. The number of carboxylic acid groups (broad SMARTS) is 1. The summed E-state index contributed by atoms with van der Waals surface area (Å²) in [4.78, 5) is 38.9. The molecule has 7 nitrogen and oxygen atoms in total. The van der Waals surface area contributed by atoms with Gasteiger partial charge in [-0.15, -0.1) is 0 Å². The van der Waals surface area contributed by atoms with Crippen LogP contribution in [0.1, 0.15) is 31.2 Å². The van der Waals surface area contributed by atoms with E-state index in [9.17, 15) is 19.5 Å². The standard InChI is InChI=1S/C18H22N2O5/c21-15(19-11-8-18(25,9-12-19)17(23)24)7-10-20-14-4-2-1-3-13(14)5-6-16(20)22/h1-4,25H,5-12H2,(H,23,24). The molecule has 25 heavy (non-hydrogen) atoms. The molecule has 2 heterocycles. The van der Waals surface area contributed by atoms with E-state index in [0.29, 0.717) is 13.0 Å². The van der Waals surface area contributed by atoms with Crippen LogP contribution in [0.2, 0.25) is 0 Å². The first-order valence-electron chi connectivity index (χ1n) is 8.52. The number of aliphatic carboxylic acids is 1. The Morgan fingerprint density at radius 2 is 1.80 bits per heavy atom. The smallest absolute Gasteiger partial charge is 0.335 e. The van der Waals surface area contributed by atoms with Crippen molar-refractivity contribution in [1.29, 1.82) is 0 Å². The number of piperidine rings is 1. The SMILES string of the molecule is O=C(CCN1C(=O)CCc2ccccc21)N1CCC(O)(C(=O)O)CC1. The van der Waals surface area contributed by atoms with Crippen molar-refractivity contribution in [1.82, 2.24) is 4.90 Å². The monoisotopic (exact) mass is 346 g/mol. The lowest BCUT2D eigenvalue weighted by atomic mass is 9.91. The minimum absolute atomic E-state index is 0.0189. The quantitative estimate of drug-likeness (QED) is 0.840. The fourth-order valence-corrected chi connectivity index (χ4v) is 3.45. The summed E-state index contributed by atoms with van der Waals surface area (Å²) in [5.74, 6) is -1.34. The van der Waals surface area contributed by atoms with E-state index < -0.39 is 11.6 Å². The lowest BCUT2D eigenvalue weighted by Gasteiger charge is -2.36. The van der Waals surface area contributed by atoms with Crippen molar-refractivity contribution < 1.29 is 24.6 Å². The van der Waals surface area contributed by atoms with Crippen LogP contribution < -0.4 is 4.90 Å². The number of benzene rings is 1. The number of hydrogen-bond donors (Lipinski definition) is 2. The number of amides is 2. The van der Waals surface area contributed by atoms with E-state index in [1.54, 1.807) is 9.80 Å². The van der Waals surface area contributed by atoms with Gasteiger partial charge < -0.3 is 20.0 Å². The first-order valence-corrected chi connectivity index (χ1v) is 8.52. The second-order valence-electron chi connectivity index (χ2n) is 6.64. The van der Waals surface area contributed by atoms with Crippen LogP contribution in [0.15, 0.2) is 24.3 Å². The Morgan fingerprint density at radius 1 is 1.12 bits per heavy atom. The van der Waals surface area contributed by atoms with Crippen molar-refractivity contribution in [2.45, 2.75) is 37.7 Å². The second kappa shape index (κ2) is 6.84. The van der Waals surface area contributed by atoms with Crippen molar-refractivity contribution in [3.63, 3.8) is 0 Å². The van der Waals surface area contributed by atoms with Gasteiger partial charge in [-0.3, -0.25) is 9.59 Å². The lowest BCUT2D eigenvalue weighted by Crippen LogP contribution is -2.51. The number of likely N-dealkylation sites (tertiary alicyclic amines) is 1. The Morgan fingerprint density at radius 3 is 2.48 bits per heavy atom. The maximum Gasteiger partial charge on any atom is 0.335 e. The van der Waals surface area contributed by atoms with Gasteiger partial charge in [0.2, 0.25) is 11.8 Å². The van der Waals surface area contributed by atoms with Crippen LogP contribution in [0.5, 0.6) is 0 Å². The predicted octanol–water partition coefficient (Wildman–Crippen LogP) is 0.794. The van der Waals surface area contributed by atoms with Gasteiger partial charge in [0.15, 0.2) is 5.60 Å². The highest BCUT2D eigenvalue weighted by atomic mass is 16.4. The maximum atomic E-state index is 12.4. The molecule has 0 unspecified atom stereocenters. The molecule has 0 atom stereocenters. The summed E-state index contributed by atoms with van der Waals surface area (Å²) >= 11 is 0. The molecule has 0 aromatic heterocycles. The van der Waals surface area contributed by atoms with Gasteiger partial charge in [0.1, 0.15) is 0 Å². The molecule has 3 rings (SSSR count). The van der Waals surface area contributed by atoms with E-state index >= 15 is 0 Å². The summed E-state index contributed by atoms with van der Waals surface area (Å²) in [6, 6.07) is 7.71. The number of aliphatic hydroxyl groups is 1. The van der Waals surface area contributed by atoms with E-state index in [4.69, 9.17) is 5.11 Å². The average Bonchev–Trinajstić information content (AvgIpc) is 2.61. The number of rotatable bonds is 4. The Bertz CT molecular complexity index is 694. The first-order chi connectivity index (χ1) is 11.9. The van der Waals surface area contributed by atoms with E-state index in [0.717, 1.165) is 17.7 Å². The molecule has 0 bridgehead atoms. The molecular formula is C18H22N2O5. The molecule has 2 N–H and O–H groups in total. The zero-order valence-electron chi connectivity index (χ0n) is 14.0. The van der Waals surface area contributed by atoms with Crippen LogP contribution in [0, 0.1) is 0 Å². The fraction of sp³-hybridized carbons (Fsp3) is 0.500. The number of carbonyl (C=O) groups excluding carboxylic acids is 2. The Kier molecular flexibility index (Phi) is 4.76. The number of carboxylic acids is 1. The zero-order valence-corrected chi connectivity index (χ0v) is 14.0. The summed E-state index contributed by atoms with van der Waals surface area (Å²) in [7, 11) is 0. The van der Waals surface area contributed by atoms with Gasteiger partial charge in [-0.05, 0) is 18.1 Å². The topological polar surface area (TPSA) is 98.2 Å². The normalized spacial score (nSPS) is 19.5. The molecule has 1 aromatic rings. The first kappa shape index (κ1) is 17.4. The summed E-state index contributed by atoms with van der Waals surface area (Å²) < 4.78 is 0. The molecule has 0 spiro atoms. The number of hydrogen-bond acceptors (Lipinski definition) is 4. The number of fused-ring (bicyclic) bond motifs is 1. The molecule has 0 radical (unpaired) electrons. The number of nitrogens with zero attached hydrogens (tertiary/aromatic N) is 2. The van der Waals surface area contributed by atoms with Crippen molar-refractivity contribution in [3.05, 3.63) is 29.8 Å². The highest BCUT2D eigenvalue weighted by Gasteiger charge is 2.40. The van der Waals surface area contributed by atoms with Gasteiger partial charge >= 0.3 is 5.97 Å². The maximum absolute atomic E-state index is 12.4. The molecule has 1 aromatic carbocycles. The van der Waals surface area contributed by atoms with Crippen molar-refractivity contribution in [2.24, 2.45) is 0 Å². The Labute approximate surface area is 145 Å². The van der Waals surface area contributed by atoms with Crippen LogP contribution in [-0.2, 0) is 20.8 Å². The van der Waals surface area contributed by atoms with E-state index in [1.807, 2.05) is 24.3 Å². The molecular weight excluding hydrogens is 324 g/mol. The summed E-state index contributed by atoms with van der Waals surface area (Å²) in [6.45, 7) is 0.743. The largest absolute Gasteiger partial charge is 0.479 e. The molecule has 2 aliphatic rings. The van der Waals surface area contributed by atoms with Crippen molar-refractivity contribution in [2.75, 3.05) is 24.5 Å². The molecule has 134 valence electrons. The second-order valence-corrected chi connectivity index (χ2v) is 6.64. The van der Waals surface area contributed by atoms with E-state index in [2.05, 4.69) is 0 Å². The Balaban J connectivity index is 1.58. The van der Waals surface area contributed by atoms with Crippen LogP contribution in [0.25, 0.3) is 0 Å². The van der Waals surface area contributed by atoms with Crippen molar-refractivity contribution in [3.8, 4) is 0 Å². The molecule has 0 saturated carbocycles. The fourth-order valence-electron chi connectivity index (χ4n) is 3.45. The third-order valence-electron chi connectivity index (χ3n) is 5.08. The minimum atomic E-state index is -1.74. The molecule has 1 fully saturated rings. The molecule has 1 saturated heterocycles. The zero-order chi connectivity index (χ0) is 18.0. The third kappa shape index (κ3) is 3.51. The van der Waals surface area contributed by atoms with Gasteiger partial charge in [-0.1, -0.05) is 18.2 Å². The Hall–Kier alpha value is -2.41. The third-order valence-corrected chi connectivity index (χ3v) is 5.08. The molecule has 2 amide bonds. The molecule has 0 aliphatic carbocycles. The molecule has 2 aliphatic heterocycles. The predicted molar refractivity (Wildman–Crippen MR) is 90.1 cm³/mol. The van der Waals surface area contributed by atoms with Crippen LogP contribution in [0.4, 0.5) is 5.69 Å². The van der Waals surface area contributed by atoms with E-state index in [-0.39, 0.29) is 44.2 Å². The highest BCUT2D eigenvalue weighted by molar-refractivity contribution is 5.97. The van der Waals surface area contributed by atoms with Crippen LogP contribution >= 0.6 is 0 Å². The van der Waals surface area contributed by atoms with Gasteiger partial charge in [-0.25, -0.2) is 4.79 Å². The summed E-state index contributed by atoms with van der Waals surface area (Å²) in [5, 5.41) is 19.0. The highest BCUT2D eigenvalue weighted by Crippen LogP contribution is 2.28. The van der Waals surface area contributed by atoms with Crippen LogP contribution in [0.3, 0.4) is 0 Å². The number of para-hydroxylation sites is 1. The van der Waals surface area contributed by atoms with E-state index in [1.165, 1.54) is 0 Å². The lowest BCUT2D eigenvalue weighted by molar-refractivity contribution is -0.165. The van der Waals surface area contributed by atoms with Crippen molar-refractivity contribution >= 4 is 23.5 Å². The molecule has 7 heteroatoms. The van der Waals surface area contributed by atoms with Gasteiger partial charge in [0.05, 0.1) is 0 Å². The summed E-state index contributed by atoms with van der Waals surface area (Å²) in [6.07, 6.45) is 1.41. The van der Waals surface area contributed by atoms with Crippen LogP contribution in [-0.4, -0.2) is 58.1 Å².